The molecule has 3 N–H and O–H groups in total. The molecule has 0 heterocycles. The van der Waals surface area contributed by atoms with Crippen LogP contribution in [0.4, 0.5) is 0 Å². The Morgan fingerprint density at radius 3 is 2.67 bits per heavy atom. The third-order valence-electron chi connectivity index (χ3n) is 3.11. The van der Waals surface area contributed by atoms with Gasteiger partial charge in [0.2, 0.25) is 0 Å². The van der Waals surface area contributed by atoms with E-state index in [4.69, 9.17) is 10.5 Å². The van der Waals surface area contributed by atoms with Crippen LogP contribution in [-0.4, -0.2) is 18.8 Å². The number of benzene rings is 1. The Balaban J connectivity index is 2.46. The standard InChI is InChI=1S/C11H14BrNO2/c1-15-9-5-7(4-8(12)10(9)14)11(6-13)2-3-11/h4-5,14H,2-3,6,13H2,1H3. The number of halogens is 1. The van der Waals surface area contributed by atoms with Gasteiger partial charge in [-0.05, 0) is 46.5 Å². The van der Waals surface area contributed by atoms with E-state index in [9.17, 15) is 5.11 Å². The first-order valence-electron chi connectivity index (χ1n) is 4.90. The number of hydrogen-bond acceptors (Lipinski definition) is 3. The van der Waals surface area contributed by atoms with Gasteiger partial charge in [-0.2, -0.15) is 0 Å². The summed E-state index contributed by atoms with van der Waals surface area (Å²) in [5, 5.41) is 9.68. The van der Waals surface area contributed by atoms with E-state index in [1.807, 2.05) is 12.1 Å². The second kappa shape index (κ2) is 3.68. The lowest BCUT2D eigenvalue weighted by atomic mass is 9.96. The molecule has 1 aliphatic rings. The molecule has 1 saturated carbocycles. The SMILES string of the molecule is COc1cc(C2(CN)CC2)cc(Br)c1O. The summed E-state index contributed by atoms with van der Waals surface area (Å²) in [6, 6.07) is 3.80. The molecule has 0 radical (unpaired) electrons. The summed E-state index contributed by atoms with van der Waals surface area (Å²) in [6.07, 6.45) is 2.23. The molecule has 0 bridgehead atoms. The Morgan fingerprint density at radius 1 is 1.53 bits per heavy atom. The average molecular weight is 272 g/mol. The molecule has 1 aliphatic carbocycles. The summed E-state index contributed by atoms with van der Waals surface area (Å²) >= 11 is 3.32. The molecule has 2 rings (SSSR count). The normalized spacial score (nSPS) is 17.5. The van der Waals surface area contributed by atoms with Crippen molar-refractivity contribution in [2.45, 2.75) is 18.3 Å². The van der Waals surface area contributed by atoms with Gasteiger partial charge < -0.3 is 15.6 Å². The molecule has 15 heavy (non-hydrogen) atoms. The zero-order valence-electron chi connectivity index (χ0n) is 8.59. The van der Waals surface area contributed by atoms with Crippen molar-refractivity contribution in [3.8, 4) is 11.5 Å². The number of hydrogen-bond donors (Lipinski definition) is 2. The molecule has 3 nitrogen and oxygen atoms in total. The summed E-state index contributed by atoms with van der Waals surface area (Å²) in [4.78, 5) is 0. The first-order valence-corrected chi connectivity index (χ1v) is 5.69. The van der Waals surface area contributed by atoms with E-state index in [2.05, 4.69) is 15.9 Å². The van der Waals surface area contributed by atoms with Crippen LogP contribution < -0.4 is 10.5 Å². The predicted molar refractivity (Wildman–Crippen MR) is 62.3 cm³/mol. The molecule has 0 atom stereocenters. The quantitative estimate of drug-likeness (QED) is 0.886. The van der Waals surface area contributed by atoms with Crippen LogP contribution >= 0.6 is 15.9 Å². The van der Waals surface area contributed by atoms with Crippen LogP contribution in [0, 0.1) is 0 Å². The predicted octanol–water partition coefficient (Wildman–Crippen LogP) is 2.15. The van der Waals surface area contributed by atoms with E-state index in [1.54, 1.807) is 7.11 Å². The lowest BCUT2D eigenvalue weighted by Gasteiger charge is -2.15. The molecule has 1 aromatic rings. The Kier molecular flexibility index (Phi) is 2.64. The fourth-order valence-electron chi connectivity index (χ4n) is 1.80. The molecule has 0 aromatic heterocycles. The summed E-state index contributed by atoms with van der Waals surface area (Å²) in [6.45, 7) is 0.646. The van der Waals surface area contributed by atoms with Gasteiger partial charge in [0.1, 0.15) is 0 Å². The van der Waals surface area contributed by atoms with Crippen molar-refractivity contribution in [2.24, 2.45) is 5.73 Å². The molecule has 0 aliphatic heterocycles. The molecule has 4 heteroatoms. The highest BCUT2D eigenvalue weighted by Crippen LogP contribution is 2.50. The van der Waals surface area contributed by atoms with Gasteiger partial charge >= 0.3 is 0 Å². The zero-order valence-corrected chi connectivity index (χ0v) is 10.2. The van der Waals surface area contributed by atoms with E-state index in [0.29, 0.717) is 16.8 Å². The molecule has 0 amide bonds. The van der Waals surface area contributed by atoms with Crippen molar-refractivity contribution < 1.29 is 9.84 Å². The number of rotatable bonds is 3. The highest BCUT2D eigenvalue weighted by molar-refractivity contribution is 9.10. The summed E-state index contributed by atoms with van der Waals surface area (Å²) in [5.41, 5.74) is 7.02. The number of methoxy groups -OCH3 is 1. The van der Waals surface area contributed by atoms with Crippen molar-refractivity contribution >= 4 is 15.9 Å². The van der Waals surface area contributed by atoms with E-state index in [-0.39, 0.29) is 11.2 Å². The van der Waals surface area contributed by atoms with E-state index in [0.717, 1.165) is 18.4 Å². The summed E-state index contributed by atoms with van der Waals surface area (Å²) < 4.78 is 5.78. The Bertz CT molecular complexity index is 388. The van der Waals surface area contributed by atoms with Crippen molar-refractivity contribution in [3.63, 3.8) is 0 Å². The van der Waals surface area contributed by atoms with E-state index in [1.165, 1.54) is 0 Å². The van der Waals surface area contributed by atoms with Gasteiger partial charge in [-0.25, -0.2) is 0 Å². The van der Waals surface area contributed by atoms with Crippen LogP contribution in [0.1, 0.15) is 18.4 Å². The highest BCUT2D eigenvalue weighted by Gasteiger charge is 2.43. The Labute approximate surface area is 97.4 Å². The van der Waals surface area contributed by atoms with Gasteiger partial charge in [-0.1, -0.05) is 0 Å². The van der Waals surface area contributed by atoms with Crippen LogP contribution in [0.25, 0.3) is 0 Å². The Morgan fingerprint density at radius 2 is 2.20 bits per heavy atom. The van der Waals surface area contributed by atoms with Crippen LogP contribution in [-0.2, 0) is 5.41 Å². The van der Waals surface area contributed by atoms with Gasteiger partial charge in [0.15, 0.2) is 11.5 Å². The maximum atomic E-state index is 9.68. The second-order valence-corrected chi connectivity index (χ2v) is 4.85. The third-order valence-corrected chi connectivity index (χ3v) is 3.71. The largest absolute Gasteiger partial charge is 0.503 e. The zero-order chi connectivity index (χ0) is 11.1. The third kappa shape index (κ3) is 1.72. The number of aromatic hydroxyl groups is 1. The maximum Gasteiger partial charge on any atom is 0.172 e. The van der Waals surface area contributed by atoms with Crippen LogP contribution in [0.2, 0.25) is 0 Å². The van der Waals surface area contributed by atoms with Gasteiger partial charge in [0.05, 0.1) is 11.6 Å². The monoisotopic (exact) mass is 271 g/mol. The number of nitrogens with two attached hydrogens (primary N) is 1. The van der Waals surface area contributed by atoms with Crippen LogP contribution in [0.3, 0.4) is 0 Å². The number of phenolic OH excluding ortho intramolecular Hbond substituents is 1. The van der Waals surface area contributed by atoms with Crippen LogP contribution in [0.5, 0.6) is 11.5 Å². The highest BCUT2D eigenvalue weighted by atomic mass is 79.9. The lowest BCUT2D eigenvalue weighted by Crippen LogP contribution is -2.19. The fraction of sp³-hybridized carbons (Fsp3) is 0.455. The second-order valence-electron chi connectivity index (χ2n) is 3.99. The maximum absolute atomic E-state index is 9.68. The lowest BCUT2D eigenvalue weighted by molar-refractivity contribution is 0.371. The Hall–Kier alpha value is -0.740. The first-order chi connectivity index (χ1) is 7.13. The molecule has 0 saturated heterocycles. The van der Waals surface area contributed by atoms with Crippen molar-refractivity contribution in [1.82, 2.24) is 0 Å². The molecular formula is C11H14BrNO2. The smallest absolute Gasteiger partial charge is 0.172 e. The van der Waals surface area contributed by atoms with Crippen molar-refractivity contribution in [1.29, 1.82) is 0 Å². The molecule has 82 valence electrons. The molecule has 1 aromatic carbocycles. The summed E-state index contributed by atoms with van der Waals surface area (Å²) in [7, 11) is 1.55. The topological polar surface area (TPSA) is 55.5 Å². The fourth-order valence-corrected chi connectivity index (χ4v) is 2.24. The van der Waals surface area contributed by atoms with Gasteiger partial charge in [-0.3, -0.25) is 0 Å². The van der Waals surface area contributed by atoms with E-state index < -0.39 is 0 Å². The summed E-state index contributed by atoms with van der Waals surface area (Å²) in [5.74, 6) is 0.646. The molecule has 0 spiro atoms. The van der Waals surface area contributed by atoms with Crippen LogP contribution in [0.15, 0.2) is 16.6 Å². The molecule has 1 fully saturated rings. The van der Waals surface area contributed by atoms with Crippen molar-refractivity contribution in [3.05, 3.63) is 22.2 Å². The minimum Gasteiger partial charge on any atom is -0.503 e. The minimum atomic E-state index is 0.115. The van der Waals surface area contributed by atoms with Gasteiger partial charge in [0.25, 0.3) is 0 Å². The van der Waals surface area contributed by atoms with Gasteiger partial charge in [0, 0.05) is 12.0 Å². The number of ether oxygens (including phenoxy) is 1. The molecular weight excluding hydrogens is 258 g/mol. The molecule has 0 unspecified atom stereocenters. The minimum absolute atomic E-state index is 0.115. The first kappa shape index (κ1) is 10.8. The average Bonchev–Trinajstić information content (AvgIpc) is 3.02. The van der Waals surface area contributed by atoms with Gasteiger partial charge in [-0.15, -0.1) is 0 Å². The van der Waals surface area contributed by atoms with E-state index >= 15 is 0 Å². The van der Waals surface area contributed by atoms with Crippen molar-refractivity contribution in [2.75, 3.05) is 13.7 Å². The number of phenols is 1.